The number of rotatable bonds is 4. The van der Waals surface area contributed by atoms with Crippen LogP contribution in [0.4, 0.5) is 4.79 Å². The summed E-state index contributed by atoms with van der Waals surface area (Å²) in [5, 5.41) is 9.55. The molecular weight excluding hydrogens is 344 g/mol. The van der Waals surface area contributed by atoms with Crippen LogP contribution in [0.15, 0.2) is 48.5 Å². The molecule has 0 aromatic heterocycles. The van der Waals surface area contributed by atoms with Crippen LogP contribution in [0.1, 0.15) is 22.8 Å². The van der Waals surface area contributed by atoms with Crippen molar-refractivity contribution in [2.24, 2.45) is 0 Å². The second-order valence-electron chi connectivity index (χ2n) is 6.37. The van der Waals surface area contributed by atoms with E-state index in [2.05, 4.69) is 0 Å². The van der Waals surface area contributed by atoms with Crippen LogP contribution in [-0.4, -0.2) is 59.7 Å². The van der Waals surface area contributed by atoms with Gasteiger partial charge in [0.05, 0.1) is 13.2 Å². The van der Waals surface area contributed by atoms with Crippen molar-refractivity contribution in [2.45, 2.75) is 13.5 Å². The van der Waals surface area contributed by atoms with Gasteiger partial charge in [0, 0.05) is 31.7 Å². The lowest BCUT2D eigenvalue weighted by Crippen LogP contribution is -2.50. The Morgan fingerprint density at radius 2 is 1.70 bits per heavy atom. The first kappa shape index (κ1) is 18.9. The summed E-state index contributed by atoms with van der Waals surface area (Å²) in [5.41, 5.74) is 3.24. The fourth-order valence-electron chi connectivity index (χ4n) is 3.25. The summed E-state index contributed by atoms with van der Waals surface area (Å²) in [5.74, 6) is -0.0539. The van der Waals surface area contributed by atoms with Gasteiger partial charge in [-0.25, -0.2) is 4.79 Å². The van der Waals surface area contributed by atoms with Crippen molar-refractivity contribution in [3.8, 4) is 11.1 Å². The minimum atomic E-state index is -0.327. The lowest BCUT2D eigenvalue weighted by molar-refractivity contribution is 0.0570. The summed E-state index contributed by atoms with van der Waals surface area (Å²) in [4.78, 5) is 28.1. The third-order valence-corrected chi connectivity index (χ3v) is 4.70. The van der Waals surface area contributed by atoms with Gasteiger partial charge in [0.25, 0.3) is 5.91 Å². The molecule has 6 heteroatoms. The molecule has 3 rings (SSSR count). The smallest absolute Gasteiger partial charge is 0.409 e. The number of hydrogen-bond acceptors (Lipinski definition) is 4. The Bertz CT molecular complexity index is 813. The molecular formula is C21H24N2O4. The fraction of sp³-hybridized carbons (Fsp3) is 0.333. The van der Waals surface area contributed by atoms with Gasteiger partial charge in [0.1, 0.15) is 0 Å². The van der Waals surface area contributed by atoms with Crippen LogP contribution in [-0.2, 0) is 11.3 Å². The number of aliphatic hydroxyl groups excluding tert-OH is 1. The molecule has 1 saturated heterocycles. The Morgan fingerprint density at radius 1 is 1.00 bits per heavy atom. The highest BCUT2D eigenvalue weighted by molar-refractivity contribution is 5.95. The summed E-state index contributed by atoms with van der Waals surface area (Å²) in [6.45, 7) is 3.98. The van der Waals surface area contributed by atoms with Gasteiger partial charge in [-0.15, -0.1) is 0 Å². The minimum absolute atomic E-state index is 0.0514. The van der Waals surface area contributed by atoms with E-state index in [1.807, 2.05) is 42.5 Å². The van der Waals surface area contributed by atoms with Gasteiger partial charge in [-0.05, 0) is 35.7 Å². The molecule has 0 unspecified atom stereocenters. The third kappa shape index (κ3) is 4.28. The van der Waals surface area contributed by atoms with E-state index in [9.17, 15) is 14.7 Å². The number of amides is 2. The predicted molar refractivity (Wildman–Crippen MR) is 102 cm³/mol. The molecule has 6 nitrogen and oxygen atoms in total. The lowest BCUT2D eigenvalue weighted by Gasteiger charge is -2.34. The van der Waals surface area contributed by atoms with Crippen molar-refractivity contribution in [3.05, 3.63) is 59.7 Å². The number of nitrogens with zero attached hydrogens (tertiary/aromatic N) is 2. The van der Waals surface area contributed by atoms with Gasteiger partial charge in [0.15, 0.2) is 0 Å². The first-order chi connectivity index (χ1) is 13.1. The topological polar surface area (TPSA) is 70.1 Å². The highest BCUT2D eigenvalue weighted by atomic mass is 16.6. The molecule has 2 amide bonds. The molecule has 0 spiro atoms. The molecule has 0 radical (unpaired) electrons. The first-order valence-electron chi connectivity index (χ1n) is 9.14. The van der Waals surface area contributed by atoms with Gasteiger partial charge < -0.3 is 19.6 Å². The maximum absolute atomic E-state index is 12.9. The number of ether oxygens (including phenoxy) is 1. The Morgan fingerprint density at radius 3 is 2.41 bits per heavy atom. The van der Waals surface area contributed by atoms with Crippen LogP contribution in [0, 0.1) is 0 Å². The summed E-state index contributed by atoms with van der Waals surface area (Å²) in [6, 6.07) is 15.0. The van der Waals surface area contributed by atoms with E-state index in [0.717, 1.165) is 16.7 Å². The largest absolute Gasteiger partial charge is 0.450 e. The van der Waals surface area contributed by atoms with Gasteiger partial charge in [0.2, 0.25) is 0 Å². The van der Waals surface area contributed by atoms with Crippen LogP contribution in [0.2, 0.25) is 0 Å². The van der Waals surface area contributed by atoms with Crippen LogP contribution < -0.4 is 0 Å². The quantitative estimate of drug-likeness (QED) is 0.901. The molecule has 1 heterocycles. The van der Waals surface area contributed by atoms with Crippen LogP contribution in [0.5, 0.6) is 0 Å². The van der Waals surface area contributed by atoms with Gasteiger partial charge in [-0.1, -0.05) is 36.4 Å². The average Bonchev–Trinajstić information content (AvgIpc) is 2.73. The van der Waals surface area contributed by atoms with Crippen molar-refractivity contribution >= 4 is 12.0 Å². The number of aliphatic hydroxyl groups is 1. The minimum Gasteiger partial charge on any atom is -0.450 e. The number of piperazine rings is 1. The van der Waals surface area contributed by atoms with E-state index < -0.39 is 0 Å². The molecule has 1 N–H and O–H groups in total. The predicted octanol–water partition coefficient (Wildman–Crippen LogP) is 2.76. The second kappa shape index (κ2) is 8.68. The van der Waals surface area contributed by atoms with E-state index in [1.165, 1.54) is 0 Å². The van der Waals surface area contributed by atoms with Crippen molar-refractivity contribution in [1.29, 1.82) is 0 Å². The van der Waals surface area contributed by atoms with Gasteiger partial charge in [-0.3, -0.25) is 4.79 Å². The van der Waals surface area contributed by atoms with E-state index in [4.69, 9.17) is 4.74 Å². The Balaban J connectivity index is 1.72. The monoisotopic (exact) mass is 368 g/mol. The van der Waals surface area contributed by atoms with E-state index in [1.54, 1.807) is 22.8 Å². The summed E-state index contributed by atoms with van der Waals surface area (Å²) < 4.78 is 5.01. The van der Waals surface area contributed by atoms with Crippen LogP contribution >= 0.6 is 0 Å². The average molecular weight is 368 g/mol. The maximum Gasteiger partial charge on any atom is 0.409 e. The molecule has 2 aromatic carbocycles. The van der Waals surface area contributed by atoms with E-state index in [0.29, 0.717) is 38.3 Å². The van der Waals surface area contributed by atoms with Crippen molar-refractivity contribution in [3.63, 3.8) is 0 Å². The summed E-state index contributed by atoms with van der Waals surface area (Å²) in [7, 11) is 0. The third-order valence-electron chi connectivity index (χ3n) is 4.70. The lowest BCUT2D eigenvalue weighted by atomic mass is 9.98. The maximum atomic E-state index is 12.9. The Hall–Kier alpha value is -2.86. The number of carbonyl (C=O) groups is 2. The Kier molecular flexibility index (Phi) is 6.08. The normalized spacial score (nSPS) is 14.1. The Labute approximate surface area is 159 Å². The molecule has 0 atom stereocenters. The van der Waals surface area contributed by atoms with Crippen molar-refractivity contribution < 1.29 is 19.4 Å². The standard InChI is InChI=1S/C21H24N2O4/c1-2-27-21(26)23-12-10-22(11-13-23)20(25)17-8-5-7-16(14-17)19-9-4-3-6-18(19)15-24/h3-9,14,24H,2,10-13,15H2,1H3. The van der Waals surface area contributed by atoms with Gasteiger partial charge >= 0.3 is 6.09 Å². The highest BCUT2D eigenvalue weighted by Crippen LogP contribution is 2.25. The SMILES string of the molecule is CCOC(=O)N1CCN(C(=O)c2cccc(-c3ccccc3CO)c2)CC1. The molecule has 1 aliphatic rings. The molecule has 27 heavy (non-hydrogen) atoms. The molecule has 0 bridgehead atoms. The number of carbonyl (C=O) groups excluding carboxylic acids is 2. The molecule has 1 fully saturated rings. The summed E-state index contributed by atoms with van der Waals surface area (Å²) >= 11 is 0. The fourth-order valence-corrected chi connectivity index (χ4v) is 3.25. The molecule has 2 aromatic rings. The van der Waals surface area contributed by atoms with Crippen molar-refractivity contribution in [1.82, 2.24) is 9.80 Å². The highest BCUT2D eigenvalue weighted by Gasteiger charge is 2.25. The molecule has 142 valence electrons. The van der Waals surface area contributed by atoms with Gasteiger partial charge in [-0.2, -0.15) is 0 Å². The number of benzene rings is 2. The van der Waals surface area contributed by atoms with E-state index >= 15 is 0 Å². The number of hydrogen-bond donors (Lipinski definition) is 1. The van der Waals surface area contributed by atoms with Crippen molar-refractivity contribution in [2.75, 3.05) is 32.8 Å². The second-order valence-corrected chi connectivity index (χ2v) is 6.37. The van der Waals surface area contributed by atoms with Crippen LogP contribution in [0.25, 0.3) is 11.1 Å². The zero-order chi connectivity index (χ0) is 19.2. The zero-order valence-corrected chi connectivity index (χ0v) is 15.4. The van der Waals surface area contributed by atoms with E-state index in [-0.39, 0.29) is 18.6 Å². The first-order valence-corrected chi connectivity index (χ1v) is 9.14. The molecule has 0 saturated carbocycles. The summed E-state index contributed by atoms with van der Waals surface area (Å²) in [6.07, 6.45) is -0.327. The molecule has 0 aliphatic carbocycles. The van der Waals surface area contributed by atoms with Crippen LogP contribution in [0.3, 0.4) is 0 Å². The zero-order valence-electron chi connectivity index (χ0n) is 15.4. The molecule has 1 aliphatic heterocycles.